The highest BCUT2D eigenvalue weighted by molar-refractivity contribution is 9.10. The number of hydrogen-bond donors (Lipinski definition) is 2. The summed E-state index contributed by atoms with van der Waals surface area (Å²) in [6, 6.07) is 6.54. The van der Waals surface area contributed by atoms with Gasteiger partial charge in [0.25, 0.3) is 0 Å². The lowest BCUT2D eigenvalue weighted by atomic mass is 9.89. The van der Waals surface area contributed by atoms with Gasteiger partial charge in [-0.2, -0.15) is 0 Å². The topological polar surface area (TPSA) is 33.3 Å². The van der Waals surface area contributed by atoms with Gasteiger partial charge in [-0.3, -0.25) is 0 Å². The second kappa shape index (κ2) is 5.59. The molecule has 1 saturated carbocycles. The minimum absolute atomic E-state index is 0.331. The second-order valence-electron chi connectivity index (χ2n) is 5.00. The summed E-state index contributed by atoms with van der Waals surface area (Å²) in [5.74, 6) is 0.958. The maximum atomic E-state index is 5.50. The van der Waals surface area contributed by atoms with E-state index in [1.54, 1.807) is 7.11 Å². The van der Waals surface area contributed by atoms with Crippen LogP contribution in [0.2, 0.25) is 0 Å². The maximum absolute atomic E-state index is 5.50. The normalized spacial score (nSPS) is 18.4. The van der Waals surface area contributed by atoms with E-state index in [9.17, 15) is 0 Å². The van der Waals surface area contributed by atoms with Crippen LogP contribution in [0.4, 0.5) is 0 Å². The summed E-state index contributed by atoms with van der Waals surface area (Å²) >= 11 is 3.55. The molecule has 1 aromatic carbocycles. The first-order chi connectivity index (χ1) is 8.66. The zero-order chi connectivity index (χ0) is 13.2. The Kier molecular flexibility index (Phi) is 4.30. The highest BCUT2D eigenvalue weighted by Gasteiger charge is 2.49. The number of nitrogens with one attached hydrogen (secondary N) is 2. The predicted molar refractivity (Wildman–Crippen MR) is 78.1 cm³/mol. The predicted octanol–water partition coefficient (Wildman–Crippen LogP) is 2.72. The Hall–Kier alpha value is -0.580. The van der Waals surface area contributed by atoms with E-state index in [0.717, 1.165) is 16.8 Å². The molecule has 1 fully saturated rings. The van der Waals surface area contributed by atoms with Crippen molar-refractivity contribution in [2.24, 2.45) is 5.41 Å². The van der Waals surface area contributed by atoms with Gasteiger partial charge < -0.3 is 15.4 Å². The van der Waals surface area contributed by atoms with Crippen LogP contribution in [-0.2, 0) is 0 Å². The molecule has 18 heavy (non-hydrogen) atoms. The van der Waals surface area contributed by atoms with E-state index in [2.05, 4.69) is 32.6 Å². The van der Waals surface area contributed by atoms with Crippen molar-refractivity contribution >= 4 is 15.9 Å². The van der Waals surface area contributed by atoms with E-state index in [-0.39, 0.29) is 0 Å². The fourth-order valence-electron chi connectivity index (χ4n) is 2.80. The fraction of sp³-hybridized carbons (Fsp3) is 0.571. The Balaban J connectivity index is 2.35. The highest BCUT2D eigenvalue weighted by Crippen LogP contribution is 2.55. The molecule has 4 heteroatoms. The molecule has 0 aromatic heterocycles. The summed E-state index contributed by atoms with van der Waals surface area (Å²) in [7, 11) is 5.78. The molecule has 1 aliphatic rings. The van der Waals surface area contributed by atoms with E-state index in [1.165, 1.54) is 18.4 Å². The van der Waals surface area contributed by atoms with Gasteiger partial charge in [-0.15, -0.1) is 0 Å². The van der Waals surface area contributed by atoms with E-state index < -0.39 is 0 Å². The van der Waals surface area contributed by atoms with Gasteiger partial charge in [0.15, 0.2) is 0 Å². The molecule has 0 spiro atoms. The van der Waals surface area contributed by atoms with Crippen molar-refractivity contribution in [3.05, 3.63) is 28.2 Å². The number of rotatable bonds is 6. The van der Waals surface area contributed by atoms with Crippen LogP contribution in [0.1, 0.15) is 24.4 Å². The van der Waals surface area contributed by atoms with Crippen molar-refractivity contribution in [1.82, 2.24) is 10.6 Å². The summed E-state index contributed by atoms with van der Waals surface area (Å²) < 4.78 is 6.60. The number of halogens is 1. The molecule has 1 unspecified atom stereocenters. The molecule has 1 aromatic rings. The van der Waals surface area contributed by atoms with Crippen molar-refractivity contribution in [2.45, 2.75) is 18.9 Å². The number of benzene rings is 1. The molecule has 2 N–H and O–H groups in total. The Morgan fingerprint density at radius 2 is 2.11 bits per heavy atom. The molecule has 0 amide bonds. The smallest absolute Gasteiger partial charge is 0.123 e. The van der Waals surface area contributed by atoms with E-state index in [4.69, 9.17) is 4.74 Å². The van der Waals surface area contributed by atoms with E-state index in [0.29, 0.717) is 11.5 Å². The summed E-state index contributed by atoms with van der Waals surface area (Å²) in [4.78, 5) is 0. The van der Waals surface area contributed by atoms with Gasteiger partial charge in [-0.1, -0.05) is 15.9 Å². The third-order valence-corrected chi connectivity index (χ3v) is 4.32. The van der Waals surface area contributed by atoms with Crippen LogP contribution in [0.5, 0.6) is 5.75 Å². The van der Waals surface area contributed by atoms with Gasteiger partial charge in [0.05, 0.1) is 7.11 Å². The zero-order valence-corrected chi connectivity index (χ0v) is 12.8. The third kappa shape index (κ3) is 2.56. The second-order valence-corrected chi connectivity index (χ2v) is 5.92. The number of hydrogen-bond acceptors (Lipinski definition) is 3. The standard InChI is InChI=1S/C14H21BrN2O/c1-16-9-14(6-7-14)13(17-2)11-8-10(15)4-5-12(11)18-3/h4-5,8,13,16-17H,6-7,9H2,1-3H3. The van der Waals surface area contributed by atoms with Crippen LogP contribution in [0, 0.1) is 5.41 Å². The monoisotopic (exact) mass is 312 g/mol. The van der Waals surface area contributed by atoms with Crippen LogP contribution in [0.15, 0.2) is 22.7 Å². The van der Waals surface area contributed by atoms with Crippen molar-refractivity contribution < 1.29 is 4.74 Å². The quantitative estimate of drug-likeness (QED) is 0.847. The Morgan fingerprint density at radius 3 is 2.61 bits per heavy atom. The van der Waals surface area contributed by atoms with Crippen molar-refractivity contribution in [3.63, 3.8) is 0 Å². The average Bonchev–Trinajstić information content (AvgIpc) is 3.11. The van der Waals surface area contributed by atoms with Crippen LogP contribution >= 0.6 is 15.9 Å². The van der Waals surface area contributed by atoms with Gasteiger partial charge in [0.2, 0.25) is 0 Å². The molecule has 1 aliphatic carbocycles. The van der Waals surface area contributed by atoms with Crippen molar-refractivity contribution in [1.29, 1.82) is 0 Å². The molecule has 0 bridgehead atoms. The average molecular weight is 313 g/mol. The van der Waals surface area contributed by atoms with E-state index >= 15 is 0 Å². The molecule has 100 valence electrons. The van der Waals surface area contributed by atoms with Crippen molar-refractivity contribution in [2.75, 3.05) is 27.7 Å². The summed E-state index contributed by atoms with van der Waals surface area (Å²) in [6.07, 6.45) is 2.52. The van der Waals surface area contributed by atoms with Crippen LogP contribution in [0.3, 0.4) is 0 Å². The van der Waals surface area contributed by atoms with E-state index in [1.807, 2.05) is 26.2 Å². The van der Waals surface area contributed by atoms with Gasteiger partial charge in [0, 0.05) is 28.0 Å². The SMILES string of the molecule is CNCC1(C(NC)c2cc(Br)ccc2OC)CC1. The van der Waals surface area contributed by atoms with Gasteiger partial charge in [-0.05, 0) is 45.1 Å². The lowest BCUT2D eigenvalue weighted by Crippen LogP contribution is -2.33. The summed E-state index contributed by atoms with van der Waals surface area (Å²) in [5.41, 5.74) is 1.57. The molecule has 0 aliphatic heterocycles. The van der Waals surface area contributed by atoms with Crippen LogP contribution < -0.4 is 15.4 Å². The molecule has 0 radical (unpaired) electrons. The van der Waals surface area contributed by atoms with Gasteiger partial charge in [0.1, 0.15) is 5.75 Å². The minimum atomic E-state index is 0.331. The number of methoxy groups -OCH3 is 1. The molecule has 1 atom stereocenters. The molecule has 2 rings (SSSR count). The third-order valence-electron chi connectivity index (χ3n) is 3.82. The number of ether oxygens (including phenoxy) is 1. The molecule has 0 heterocycles. The first-order valence-corrected chi connectivity index (χ1v) is 7.11. The zero-order valence-electron chi connectivity index (χ0n) is 11.2. The largest absolute Gasteiger partial charge is 0.496 e. The lowest BCUT2D eigenvalue weighted by Gasteiger charge is -2.28. The Morgan fingerprint density at radius 1 is 1.39 bits per heavy atom. The summed E-state index contributed by atoms with van der Waals surface area (Å²) in [6.45, 7) is 1.04. The molecular formula is C14H21BrN2O. The Bertz CT molecular complexity index is 418. The van der Waals surface area contributed by atoms with Crippen molar-refractivity contribution in [3.8, 4) is 5.75 Å². The molecular weight excluding hydrogens is 292 g/mol. The van der Waals surface area contributed by atoms with Crippen LogP contribution in [-0.4, -0.2) is 27.7 Å². The first-order valence-electron chi connectivity index (χ1n) is 6.32. The van der Waals surface area contributed by atoms with Gasteiger partial charge >= 0.3 is 0 Å². The van der Waals surface area contributed by atoms with Gasteiger partial charge in [-0.25, -0.2) is 0 Å². The summed E-state index contributed by atoms with van der Waals surface area (Å²) in [5, 5.41) is 6.78. The fourth-order valence-corrected chi connectivity index (χ4v) is 3.18. The molecule has 3 nitrogen and oxygen atoms in total. The molecule has 0 saturated heterocycles. The van der Waals surface area contributed by atoms with Crippen LogP contribution in [0.25, 0.3) is 0 Å². The Labute approximate surface area is 117 Å². The highest BCUT2D eigenvalue weighted by atomic mass is 79.9. The minimum Gasteiger partial charge on any atom is -0.496 e. The lowest BCUT2D eigenvalue weighted by molar-refractivity contribution is 0.329. The maximum Gasteiger partial charge on any atom is 0.123 e. The first kappa shape index (κ1) is 13.8.